The van der Waals surface area contributed by atoms with Gasteiger partial charge < -0.3 is 15.4 Å². The lowest BCUT2D eigenvalue weighted by Crippen LogP contribution is -2.36. The Morgan fingerprint density at radius 3 is 2.24 bits per heavy atom. The summed E-state index contributed by atoms with van der Waals surface area (Å²) >= 11 is 11.5. The summed E-state index contributed by atoms with van der Waals surface area (Å²) in [6.07, 6.45) is 2.42. The minimum absolute atomic E-state index is 0.0628. The number of benzene rings is 1. The number of esters is 1. The summed E-state index contributed by atoms with van der Waals surface area (Å²) in [4.78, 5) is 37.0. The quantitative estimate of drug-likeness (QED) is 0.121. The highest BCUT2D eigenvalue weighted by molar-refractivity contribution is 7.86. The molecule has 0 radical (unpaired) electrons. The maximum absolute atomic E-state index is 12.7. The fourth-order valence-corrected chi connectivity index (χ4v) is 6.28. The van der Waals surface area contributed by atoms with Gasteiger partial charge in [-0.05, 0) is 37.3 Å². The second-order valence-electron chi connectivity index (χ2n) is 11.4. The maximum atomic E-state index is 12.7. The van der Waals surface area contributed by atoms with E-state index in [1.807, 2.05) is 27.7 Å². The van der Waals surface area contributed by atoms with Crippen molar-refractivity contribution in [1.82, 2.24) is 19.6 Å². The topological polar surface area (TPSA) is 152 Å². The smallest absolute Gasteiger partial charge is 0.443 e. The van der Waals surface area contributed by atoms with E-state index in [4.69, 9.17) is 45.4 Å². The first-order valence-corrected chi connectivity index (χ1v) is 15.6. The fraction of sp³-hybridized carbons (Fsp3) is 0.414. The molecule has 49 heavy (non-hydrogen) atoms. The number of urea groups is 1. The van der Waals surface area contributed by atoms with Crippen LogP contribution in [0.4, 0.5) is 37.0 Å². The van der Waals surface area contributed by atoms with Crippen molar-refractivity contribution < 1.29 is 49.7 Å². The first-order chi connectivity index (χ1) is 22.5. The first-order valence-electron chi connectivity index (χ1n) is 13.7. The van der Waals surface area contributed by atoms with Crippen molar-refractivity contribution in [2.75, 3.05) is 25.6 Å². The third-order valence-corrected chi connectivity index (χ3v) is 9.13. The van der Waals surface area contributed by atoms with E-state index in [-0.39, 0.29) is 43.0 Å². The summed E-state index contributed by atoms with van der Waals surface area (Å²) in [6.45, 7) is 7.61. The number of amides is 3. The van der Waals surface area contributed by atoms with Crippen molar-refractivity contribution in [2.24, 2.45) is 17.3 Å². The van der Waals surface area contributed by atoms with Crippen LogP contribution in [0, 0.1) is 40.9 Å². The molecule has 0 spiro atoms. The van der Waals surface area contributed by atoms with Crippen LogP contribution in [0.3, 0.4) is 0 Å². The Balaban J connectivity index is 0.000000267. The summed E-state index contributed by atoms with van der Waals surface area (Å²) in [5, 5.41) is 11.1. The summed E-state index contributed by atoms with van der Waals surface area (Å²) < 4.78 is 93.6. The monoisotopic (exact) mass is 754 g/mol. The molecule has 11 nitrogen and oxygen atoms in total. The van der Waals surface area contributed by atoms with E-state index >= 15 is 0 Å². The molecule has 2 aliphatic rings. The number of hydrogen-bond acceptors (Lipinski definition) is 8. The third-order valence-electron chi connectivity index (χ3n) is 7.36. The molecule has 3 amide bonds. The molecule has 3 atom stereocenters. The lowest BCUT2D eigenvalue weighted by molar-refractivity contribution is -0.151. The number of rotatable bonds is 7. The standard InChI is InChI=1S/C17H22N2O4.C12H4Cl2F6N4OS/c1-6-7-18-9-13(20)19(16(18)22)10-23-15(21)14-12(8-11(2)3)17(14,4)5;13-5-1-4(11(15,16)17)2-6(14)8(5)24-10(22)9(7(3-21)23-24)26(25)12(18,19)20/h1,8,12,14H,7,9-10H2,2-5H3;1-2H,22H2. The summed E-state index contributed by atoms with van der Waals surface area (Å²) in [6, 6.07) is 1.68. The molecule has 1 aliphatic carbocycles. The maximum Gasteiger partial charge on any atom is 0.476 e. The Kier molecular flexibility index (Phi) is 11.4. The zero-order valence-electron chi connectivity index (χ0n) is 25.9. The van der Waals surface area contributed by atoms with Gasteiger partial charge in [0.15, 0.2) is 23.2 Å². The van der Waals surface area contributed by atoms with Crippen LogP contribution in [-0.4, -0.2) is 67.0 Å². The van der Waals surface area contributed by atoms with Crippen molar-refractivity contribution in [3.63, 3.8) is 0 Å². The van der Waals surface area contributed by atoms with Gasteiger partial charge in [-0.3, -0.25) is 9.59 Å². The highest BCUT2D eigenvalue weighted by atomic mass is 35.5. The number of ether oxygens (including phenoxy) is 1. The number of nitrogens with zero attached hydrogens (tertiary/aromatic N) is 5. The molecule has 20 heteroatoms. The minimum atomic E-state index is -5.25. The molecule has 1 saturated heterocycles. The molecule has 1 aromatic carbocycles. The average Bonchev–Trinajstić information content (AvgIpc) is 3.19. The van der Waals surface area contributed by atoms with Crippen LogP contribution in [0.15, 0.2) is 28.7 Å². The van der Waals surface area contributed by atoms with Gasteiger partial charge in [-0.25, -0.2) is 18.6 Å². The number of terminal acetylenes is 1. The Morgan fingerprint density at radius 1 is 1.20 bits per heavy atom. The molecule has 1 saturated carbocycles. The van der Waals surface area contributed by atoms with E-state index in [1.165, 1.54) is 11.0 Å². The number of anilines is 1. The van der Waals surface area contributed by atoms with E-state index in [0.717, 1.165) is 10.5 Å². The predicted molar refractivity (Wildman–Crippen MR) is 164 cm³/mol. The highest BCUT2D eigenvalue weighted by Crippen LogP contribution is 2.59. The number of nitrogen functional groups attached to an aromatic ring is 1. The van der Waals surface area contributed by atoms with Gasteiger partial charge in [0.1, 0.15) is 29.0 Å². The molecule has 264 valence electrons. The highest BCUT2D eigenvalue weighted by Gasteiger charge is 2.61. The molecule has 2 heterocycles. The van der Waals surface area contributed by atoms with E-state index < -0.39 is 72.1 Å². The molecule has 0 bridgehead atoms. The van der Waals surface area contributed by atoms with E-state index in [0.29, 0.717) is 16.8 Å². The largest absolute Gasteiger partial charge is 0.476 e. The van der Waals surface area contributed by atoms with Crippen LogP contribution in [0.5, 0.6) is 0 Å². The second kappa shape index (κ2) is 14.3. The summed E-state index contributed by atoms with van der Waals surface area (Å²) in [5.41, 5.74) is -1.44. The lowest BCUT2D eigenvalue weighted by Gasteiger charge is -2.15. The number of carbonyl (C=O) groups is 3. The Labute approximate surface area is 288 Å². The van der Waals surface area contributed by atoms with Crippen LogP contribution < -0.4 is 5.73 Å². The molecule has 2 fully saturated rings. The van der Waals surface area contributed by atoms with E-state index in [9.17, 15) is 44.9 Å². The van der Waals surface area contributed by atoms with Crippen molar-refractivity contribution in [1.29, 1.82) is 5.26 Å². The Morgan fingerprint density at radius 2 is 1.78 bits per heavy atom. The number of imide groups is 1. The average molecular weight is 756 g/mol. The first kappa shape index (κ1) is 39.2. The predicted octanol–water partition coefficient (Wildman–Crippen LogP) is 5.90. The van der Waals surface area contributed by atoms with Crippen LogP contribution in [0.2, 0.25) is 10.0 Å². The zero-order valence-corrected chi connectivity index (χ0v) is 28.2. The molecule has 1 aromatic heterocycles. The summed E-state index contributed by atoms with van der Waals surface area (Å²) in [7, 11) is -3.71. The van der Waals surface area contributed by atoms with Crippen molar-refractivity contribution in [2.45, 2.75) is 44.3 Å². The van der Waals surface area contributed by atoms with E-state index in [2.05, 4.69) is 17.1 Å². The van der Waals surface area contributed by atoms with Gasteiger partial charge in [0.2, 0.25) is 0 Å². The van der Waals surface area contributed by atoms with E-state index in [1.54, 1.807) is 0 Å². The number of aromatic nitrogens is 2. The van der Waals surface area contributed by atoms with Crippen molar-refractivity contribution >= 4 is 57.7 Å². The third kappa shape index (κ3) is 8.31. The molecular formula is C29H26Cl2F6N6O5S. The van der Waals surface area contributed by atoms with Crippen molar-refractivity contribution in [3.8, 4) is 24.1 Å². The number of nitriles is 1. The number of allylic oxidation sites excluding steroid dienone is 2. The number of alkyl halides is 6. The van der Waals surface area contributed by atoms with Crippen LogP contribution in [0.25, 0.3) is 5.69 Å². The minimum Gasteiger partial charge on any atom is -0.443 e. The van der Waals surface area contributed by atoms with Crippen LogP contribution in [0.1, 0.15) is 39.0 Å². The molecular weight excluding hydrogens is 729 g/mol. The van der Waals surface area contributed by atoms with Gasteiger partial charge in [-0.15, -0.1) is 6.42 Å². The number of nitrogens with two attached hydrogens (primary N) is 1. The molecule has 3 unspecified atom stereocenters. The Hall–Kier alpha value is -4.26. The number of halogens is 8. The molecule has 1 aliphatic heterocycles. The molecule has 2 N–H and O–H groups in total. The van der Waals surface area contributed by atoms with Gasteiger partial charge in [0, 0.05) is 0 Å². The molecule has 2 aromatic rings. The summed E-state index contributed by atoms with van der Waals surface area (Å²) in [5.74, 6) is 0.514. The van der Waals surface area contributed by atoms with Gasteiger partial charge in [-0.2, -0.15) is 36.7 Å². The van der Waals surface area contributed by atoms with Crippen LogP contribution in [-0.2, 0) is 31.3 Å². The normalized spacial score (nSPS) is 19.0. The number of carbonyl (C=O) groups excluding carboxylic acids is 3. The number of hydrogen-bond donors (Lipinski definition) is 1. The SMILES string of the molecule is C#CCN1CC(=O)N(COC(=O)C2C(C=C(C)C)C2(C)C)C1=O.N#Cc1nn(-c2c(Cl)cc(C(F)(F)F)cc2Cl)c(N)c1S(=O)C(F)(F)F. The van der Waals surface area contributed by atoms with Gasteiger partial charge in [0.25, 0.3) is 5.91 Å². The van der Waals surface area contributed by atoms with Gasteiger partial charge in [-0.1, -0.05) is 54.6 Å². The second-order valence-corrected chi connectivity index (χ2v) is 13.6. The van der Waals surface area contributed by atoms with Crippen molar-refractivity contribution in [3.05, 3.63) is 45.1 Å². The van der Waals surface area contributed by atoms with Crippen LogP contribution >= 0.6 is 23.2 Å². The van der Waals surface area contributed by atoms with Gasteiger partial charge >= 0.3 is 23.7 Å². The lowest BCUT2D eigenvalue weighted by atomic mass is 10.1. The zero-order chi connectivity index (χ0) is 37.4. The van der Waals surface area contributed by atoms with Gasteiger partial charge in [0.05, 0.1) is 28.1 Å². The fourth-order valence-electron chi connectivity index (χ4n) is 4.86. The Bertz CT molecular complexity index is 1800. The molecule has 4 rings (SSSR count).